The molecule has 1 aromatic heterocycles. The first-order valence-electron chi connectivity index (χ1n) is 8.71. The number of carbonyl (C=O) groups is 1. The quantitative estimate of drug-likeness (QED) is 0.847. The molecule has 0 spiro atoms. The molecule has 0 bridgehead atoms. The van der Waals surface area contributed by atoms with Crippen LogP contribution in [0.25, 0.3) is 0 Å². The van der Waals surface area contributed by atoms with E-state index < -0.39 is 0 Å². The van der Waals surface area contributed by atoms with Crippen LogP contribution in [0.4, 0.5) is 0 Å². The highest BCUT2D eigenvalue weighted by atomic mass is 16.2. The van der Waals surface area contributed by atoms with Crippen LogP contribution >= 0.6 is 0 Å². The van der Waals surface area contributed by atoms with E-state index in [4.69, 9.17) is 0 Å². The van der Waals surface area contributed by atoms with E-state index in [-0.39, 0.29) is 22.4 Å². The summed E-state index contributed by atoms with van der Waals surface area (Å²) in [6.07, 6.45) is 2.61. The fourth-order valence-electron chi connectivity index (χ4n) is 3.24. The summed E-state index contributed by atoms with van der Waals surface area (Å²) < 4.78 is 1.78. The summed E-state index contributed by atoms with van der Waals surface area (Å²) in [4.78, 5) is 29.0. The molecule has 1 aliphatic rings. The van der Waals surface area contributed by atoms with E-state index in [1.54, 1.807) is 4.57 Å². The van der Waals surface area contributed by atoms with Crippen LogP contribution in [0.1, 0.15) is 46.6 Å². The molecule has 24 heavy (non-hydrogen) atoms. The van der Waals surface area contributed by atoms with Crippen LogP contribution in [0.5, 0.6) is 0 Å². The molecule has 2 rings (SSSR count). The van der Waals surface area contributed by atoms with Crippen molar-refractivity contribution in [3.63, 3.8) is 0 Å². The molecule has 0 N–H and O–H groups in total. The summed E-state index contributed by atoms with van der Waals surface area (Å²) in [5.74, 6) is 0.171. The van der Waals surface area contributed by atoms with Gasteiger partial charge in [0.1, 0.15) is 0 Å². The fourth-order valence-corrected chi connectivity index (χ4v) is 3.24. The van der Waals surface area contributed by atoms with Gasteiger partial charge in [0.05, 0.1) is 6.54 Å². The Balaban J connectivity index is 2.13. The summed E-state index contributed by atoms with van der Waals surface area (Å²) in [7, 11) is 1.97. The third-order valence-corrected chi connectivity index (χ3v) is 4.93. The van der Waals surface area contributed by atoms with Gasteiger partial charge in [0.15, 0.2) is 0 Å². The van der Waals surface area contributed by atoms with E-state index >= 15 is 0 Å². The summed E-state index contributed by atoms with van der Waals surface area (Å²) in [6.45, 7) is 13.1. The Hall–Kier alpha value is -1.62. The van der Waals surface area contributed by atoms with Crippen molar-refractivity contribution in [3.05, 3.63) is 34.2 Å². The molecular weight excluding hydrogens is 302 g/mol. The van der Waals surface area contributed by atoms with Gasteiger partial charge in [-0.3, -0.25) is 14.5 Å². The molecule has 1 fully saturated rings. The summed E-state index contributed by atoms with van der Waals surface area (Å²) in [6, 6.07) is 3.85. The Kier molecular flexibility index (Phi) is 5.23. The highest BCUT2D eigenvalue weighted by Gasteiger charge is 2.33. The number of aromatic nitrogens is 1. The maximum Gasteiger partial charge on any atom is 0.254 e. The van der Waals surface area contributed by atoms with E-state index in [0.717, 1.165) is 25.1 Å². The molecule has 5 nitrogen and oxygen atoms in total. The number of carbonyl (C=O) groups excluding carboxylic acids is 1. The van der Waals surface area contributed by atoms with Crippen molar-refractivity contribution < 1.29 is 4.79 Å². The minimum Gasteiger partial charge on any atom is -0.335 e. The molecule has 0 unspecified atom stereocenters. The summed E-state index contributed by atoms with van der Waals surface area (Å²) in [5.41, 5.74) is 0.488. The van der Waals surface area contributed by atoms with Crippen molar-refractivity contribution in [3.8, 4) is 0 Å². The van der Waals surface area contributed by atoms with Gasteiger partial charge in [0, 0.05) is 36.9 Å². The smallest absolute Gasteiger partial charge is 0.254 e. The molecule has 0 radical (unpaired) electrons. The minimum atomic E-state index is -0.254. The maximum absolute atomic E-state index is 12.7. The van der Waals surface area contributed by atoms with Gasteiger partial charge in [-0.05, 0) is 38.8 Å². The second-order valence-electron chi connectivity index (χ2n) is 8.52. The van der Waals surface area contributed by atoms with Crippen LogP contribution < -0.4 is 5.56 Å². The van der Waals surface area contributed by atoms with Crippen molar-refractivity contribution in [2.75, 3.05) is 26.7 Å². The average Bonchev–Trinajstić information content (AvgIpc) is 2.44. The van der Waals surface area contributed by atoms with Gasteiger partial charge >= 0.3 is 0 Å². The molecule has 1 aromatic rings. The van der Waals surface area contributed by atoms with Crippen molar-refractivity contribution >= 4 is 5.91 Å². The van der Waals surface area contributed by atoms with E-state index in [9.17, 15) is 9.59 Å². The molecule has 2 heterocycles. The molecule has 0 saturated carbocycles. The number of hydrogen-bond acceptors (Lipinski definition) is 3. The number of amides is 1. The standard InChI is InChI=1S/C19H31N3O2/c1-18(2,3)15-8-7-10-21(17(15)24)11-9-19(4,5)22-13-12-20(6)14-16(22)23/h7-8,10H,9,11-14H2,1-6H3. The van der Waals surface area contributed by atoms with Crippen LogP contribution in [0.15, 0.2) is 23.1 Å². The van der Waals surface area contributed by atoms with Crippen molar-refractivity contribution in [2.45, 2.75) is 58.5 Å². The zero-order valence-electron chi connectivity index (χ0n) is 15.9. The number of rotatable bonds is 4. The average molecular weight is 333 g/mol. The zero-order valence-corrected chi connectivity index (χ0v) is 15.9. The van der Waals surface area contributed by atoms with Crippen LogP contribution in [-0.4, -0.2) is 52.5 Å². The number of aryl methyl sites for hydroxylation is 1. The summed E-state index contributed by atoms with van der Waals surface area (Å²) >= 11 is 0. The first-order valence-corrected chi connectivity index (χ1v) is 8.71. The first-order chi connectivity index (χ1) is 11.0. The SMILES string of the molecule is CN1CCN(C(C)(C)CCn2cccc(C(C)(C)C)c2=O)C(=O)C1. The molecule has 0 aliphatic carbocycles. The third-order valence-electron chi connectivity index (χ3n) is 4.93. The number of nitrogens with zero attached hydrogens (tertiary/aromatic N) is 3. The Morgan fingerprint density at radius 3 is 2.33 bits per heavy atom. The zero-order chi connectivity index (χ0) is 18.1. The predicted octanol–water partition coefficient (Wildman–Crippen LogP) is 2.09. The normalized spacial score (nSPS) is 17.4. The lowest BCUT2D eigenvalue weighted by atomic mass is 9.88. The van der Waals surface area contributed by atoms with E-state index in [0.29, 0.717) is 13.1 Å². The van der Waals surface area contributed by atoms with Gasteiger partial charge < -0.3 is 9.47 Å². The predicted molar refractivity (Wildman–Crippen MR) is 97.3 cm³/mol. The van der Waals surface area contributed by atoms with Gasteiger partial charge in [-0.1, -0.05) is 26.8 Å². The van der Waals surface area contributed by atoms with Crippen LogP contribution in [-0.2, 0) is 16.8 Å². The highest BCUT2D eigenvalue weighted by Crippen LogP contribution is 2.22. The Morgan fingerprint density at radius 1 is 1.08 bits per heavy atom. The lowest BCUT2D eigenvalue weighted by molar-refractivity contribution is -0.141. The highest BCUT2D eigenvalue weighted by molar-refractivity contribution is 5.79. The fraction of sp³-hybridized carbons (Fsp3) is 0.684. The largest absolute Gasteiger partial charge is 0.335 e. The lowest BCUT2D eigenvalue weighted by Gasteiger charge is -2.43. The Labute approximate surface area is 145 Å². The van der Waals surface area contributed by atoms with E-state index in [2.05, 4.69) is 34.6 Å². The molecule has 5 heteroatoms. The van der Waals surface area contributed by atoms with Gasteiger partial charge in [-0.15, -0.1) is 0 Å². The summed E-state index contributed by atoms with van der Waals surface area (Å²) in [5, 5.41) is 0. The number of hydrogen-bond donors (Lipinski definition) is 0. The third kappa shape index (κ3) is 4.07. The number of pyridine rings is 1. The van der Waals surface area contributed by atoms with Gasteiger partial charge in [-0.25, -0.2) is 0 Å². The first kappa shape index (κ1) is 18.7. The number of piperazine rings is 1. The van der Waals surface area contributed by atoms with Gasteiger partial charge in [0.2, 0.25) is 5.91 Å². The minimum absolute atomic E-state index is 0.0745. The van der Waals surface area contributed by atoms with Crippen molar-refractivity contribution in [1.29, 1.82) is 0 Å². The molecule has 134 valence electrons. The topological polar surface area (TPSA) is 45.5 Å². The second kappa shape index (κ2) is 6.71. The lowest BCUT2D eigenvalue weighted by Crippen LogP contribution is -2.57. The van der Waals surface area contributed by atoms with Crippen LogP contribution in [0.2, 0.25) is 0 Å². The maximum atomic E-state index is 12.7. The van der Waals surface area contributed by atoms with E-state index in [1.165, 1.54) is 0 Å². The molecular formula is C19H31N3O2. The molecule has 1 aliphatic heterocycles. The Morgan fingerprint density at radius 2 is 1.75 bits per heavy atom. The Bertz CT molecular complexity index is 655. The molecule has 0 atom stereocenters. The second-order valence-corrected chi connectivity index (χ2v) is 8.52. The molecule has 1 saturated heterocycles. The van der Waals surface area contributed by atoms with E-state index in [1.807, 2.05) is 35.2 Å². The van der Waals surface area contributed by atoms with Crippen molar-refractivity contribution in [1.82, 2.24) is 14.4 Å². The van der Waals surface area contributed by atoms with Gasteiger partial charge in [-0.2, -0.15) is 0 Å². The monoisotopic (exact) mass is 333 g/mol. The molecule has 1 amide bonds. The number of likely N-dealkylation sites (N-methyl/N-ethyl adjacent to an activating group) is 1. The molecule has 0 aromatic carbocycles. The van der Waals surface area contributed by atoms with Crippen LogP contribution in [0.3, 0.4) is 0 Å². The van der Waals surface area contributed by atoms with Crippen LogP contribution in [0, 0.1) is 0 Å². The van der Waals surface area contributed by atoms with Gasteiger partial charge in [0.25, 0.3) is 5.56 Å². The van der Waals surface area contributed by atoms with Crippen molar-refractivity contribution in [2.24, 2.45) is 0 Å².